The first-order valence-electron chi connectivity index (χ1n) is 12.3. The van der Waals surface area contributed by atoms with Gasteiger partial charge >= 0.3 is 0 Å². The number of benzene rings is 3. The van der Waals surface area contributed by atoms with Crippen LogP contribution in [0, 0.1) is 5.92 Å². The average molecular weight is 490 g/mol. The molecule has 0 aromatic heterocycles. The smallest absolute Gasteiger partial charge is 0.226 e. The number of nitrogens with one attached hydrogen (secondary N) is 1. The van der Waals surface area contributed by atoms with E-state index in [1.165, 1.54) is 16.8 Å². The van der Waals surface area contributed by atoms with Crippen LogP contribution in [0.1, 0.15) is 29.7 Å². The van der Waals surface area contributed by atoms with Gasteiger partial charge in [-0.05, 0) is 48.2 Å². The van der Waals surface area contributed by atoms with Gasteiger partial charge in [0.05, 0.1) is 25.1 Å². The van der Waals surface area contributed by atoms with Gasteiger partial charge in [-0.15, -0.1) is 0 Å². The largest absolute Gasteiger partial charge is 0.497 e. The van der Waals surface area contributed by atoms with E-state index in [2.05, 4.69) is 58.4 Å². The van der Waals surface area contributed by atoms with Crippen molar-refractivity contribution in [3.63, 3.8) is 0 Å². The van der Waals surface area contributed by atoms with Crippen molar-refractivity contribution in [1.29, 1.82) is 0 Å². The molecule has 3 atom stereocenters. The summed E-state index contributed by atoms with van der Waals surface area (Å²) in [6.07, 6.45) is 0.725. The van der Waals surface area contributed by atoms with Gasteiger partial charge in [-0.2, -0.15) is 0 Å². The summed E-state index contributed by atoms with van der Waals surface area (Å²) in [6, 6.07) is 24.5. The van der Waals surface area contributed by atoms with Crippen LogP contribution in [0.5, 0.6) is 5.75 Å². The number of piperazine rings is 1. The number of hydrogen-bond donors (Lipinski definition) is 1. The van der Waals surface area contributed by atoms with Crippen molar-refractivity contribution in [2.45, 2.75) is 32.0 Å². The second kappa shape index (κ2) is 10.3. The fourth-order valence-corrected chi connectivity index (χ4v) is 5.53. The van der Waals surface area contributed by atoms with E-state index in [1.54, 1.807) is 7.11 Å². The SMILES string of the molecule is COc1ccc2c(c1)N1CCN(Cc3ccc(Cl)cc3)C[C@@H]1[C@H](C(=O)N[C@H](C)c1ccccc1)C2. The van der Waals surface area contributed by atoms with E-state index in [-0.39, 0.29) is 23.9 Å². The Balaban J connectivity index is 1.39. The summed E-state index contributed by atoms with van der Waals surface area (Å²) in [5.74, 6) is 0.841. The maximum atomic E-state index is 13.7. The minimum atomic E-state index is -0.130. The molecule has 0 saturated carbocycles. The summed E-state index contributed by atoms with van der Waals surface area (Å²) in [4.78, 5) is 18.6. The molecule has 0 radical (unpaired) electrons. The Morgan fingerprint density at radius 2 is 1.86 bits per heavy atom. The van der Waals surface area contributed by atoms with Gasteiger partial charge in [0.15, 0.2) is 0 Å². The molecule has 1 saturated heterocycles. The predicted molar refractivity (Wildman–Crippen MR) is 141 cm³/mol. The molecule has 5 nitrogen and oxygen atoms in total. The second-order valence-corrected chi connectivity index (χ2v) is 10.0. The Bertz CT molecular complexity index is 1170. The minimum Gasteiger partial charge on any atom is -0.497 e. The van der Waals surface area contributed by atoms with Crippen LogP contribution >= 0.6 is 11.6 Å². The molecule has 0 unspecified atom stereocenters. The molecule has 0 spiro atoms. The van der Waals surface area contributed by atoms with Crippen LogP contribution in [0.4, 0.5) is 5.69 Å². The molecule has 2 aliphatic rings. The first-order chi connectivity index (χ1) is 17.0. The third kappa shape index (κ3) is 5.16. The Labute approximate surface area is 212 Å². The van der Waals surface area contributed by atoms with Gasteiger partial charge in [-0.1, -0.05) is 60.1 Å². The molecular formula is C29H32ClN3O2. The van der Waals surface area contributed by atoms with Crippen LogP contribution in [-0.4, -0.2) is 43.6 Å². The molecular weight excluding hydrogens is 458 g/mol. The highest BCUT2D eigenvalue weighted by Gasteiger charge is 2.42. The van der Waals surface area contributed by atoms with Crippen LogP contribution in [0.3, 0.4) is 0 Å². The standard InChI is InChI=1S/C29H32ClN3O2/c1-20(22-6-4-3-5-7-22)31-29(34)26-16-23-10-13-25(35-2)17-27(23)33-15-14-32(19-28(26)33)18-21-8-11-24(30)12-9-21/h3-13,17,20,26,28H,14-16,18-19H2,1-2H3,(H,31,34)/t20-,26-,28-/m1/s1. The van der Waals surface area contributed by atoms with Crippen molar-refractivity contribution in [3.05, 3.63) is 94.5 Å². The third-order valence-corrected chi connectivity index (χ3v) is 7.58. The van der Waals surface area contributed by atoms with E-state index in [4.69, 9.17) is 16.3 Å². The van der Waals surface area contributed by atoms with Crippen molar-refractivity contribution < 1.29 is 9.53 Å². The summed E-state index contributed by atoms with van der Waals surface area (Å²) in [5.41, 5.74) is 4.76. The van der Waals surface area contributed by atoms with Crippen LogP contribution in [0.2, 0.25) is 5.02 Å². The first kappa shape index (κ1) is 23.7. The molecule has 3 aromatic carbocycles. The third-order valence-electron chi connectivity index (χ3n) is 7.32. The zero-order chi connectivity index (χ0) is 24.4. The number of rotatable bonds is 6. The number of nitrogens with zero attached hydrogens (tertiary/aromatic N) is 2. The summed E-state index contributed by atoms with van der Waals surface area (Å²) in [6.45, 7) is 5.54. The van der Waals surface area contributed by atoms with Gasteiger partial charge in [0.2, 0.25) is 5.91 Å². The summed E-state index contributed by atoms with van der Waals surface area (Å²) >= 11 is 6.08. The van der Waals surface area contributed by atoms with Crippen molar-refractivity contribution in [2.75, 3.05) is 31.6 Å². The van der Waals surface area contributed by atoms with Gasteiger partial charge in [0, 0.05) is 43.0 Å². The Morgan fingerprint density at radius 3 is 2.60 bits per heavy atom. The first-order valence-corrected chi connectivity index (χ1v) is 12.7. The number of carbonyl (C=O) groups excluding carboxylic acids is 1. The lowest BCUT2D eigenvalue weighted by molar-refractivity contribution is -0.126. The lowest BCUT2D eigenvalue weighted by Gasteiger charge is -2.49. The number of halogens is 1. The highest BCUT2D eigenvalue weighted by atomic mass is 35.5. The van der Waals surface area contributed by atoms with E-state index in [0.717, 1.165) is 48.9 Å². The molecule has 1 N–H and O–H groups in total. The normalized spacial score (nSPS) is 20.5. The number of fused-ring (bicyclic) bond motifs is 3. The number of methoxy groups -OCH3 is 1. The monoisotopic (exact) mass is 489 g/mol. The lowest BCUT2D eigenvalue weighted by Crippen LogP contribution is -2.61. The van der Waals surface area contributed by atoms with Crippen molar-refractivity contribution in [3.8, 4) is 5.75 Å². The molecule has 6 heteroatoms. The molecule has 1 fully saturated rings. The zero-order valence-electron chi connectivity index (χ0n) is 20.3. The molecule has 3 aromatic rings. The van der Waals surface area contributed by atoms with Crippen LogP contribution in [0.15, 0.2) is 72.8 Å². The number of carbonyl (C=O) groups is 1. The Kier molecular flexibility index (Phi) is 6.98. The maximum absolute atomic E-state index is 13.7. The second-order valence-electron chi connectivity index (χ2n) is 9.57. The molecule has 2 aliphatic heterocycles. The van der Waals surface area contributed by atoms with Crippen molar-refractivity contribution in [2.24, 2.45) is 5.92 Å². The topological polar surface area (TPSA) is 44.8 Å². The molecule has 35 heavy (non-hydrogen) atoms. The molecule has 2 heterocycles. The van der Waals surface area contributed by atoms with Crippen molar-refractivity contribution in [1.82, 2.24) is 10.2 Å². The number of hydrogen-bond acceptors (Lipinski definition) is 4. The van der Waals surface area contributed by atoms with Gasteiger partial charge < -0.3 is 15.0 Å². The van der Waals surface area contributed by atoms with E-state index in [0.29, 0.717) is 0 Å². The van der Waals surface area contributed by atoms with Crippen LogP contribution in [-0.2, 0) is 17.8 Å². The summed E-state index contributed by atoms with van der Waals surface area (Å²) < 4.78 is 5.52. The van der Waals surface area contributed by atoms with E-state index >= 15 is 0 Å². The number of amides is 1. The van der Waals surface area contributed by atoms with E-state index in [1.807, 2.05) is 36.4 Å². The van der Waals surface area contributed by atoms with Gasteiger partial charge in [0.25, 0.3) is 0 Å². The number of ether oxygens (including phenoxy) is 1. The molecule has 182 valence electrons. The highest BCUT2D eigenvalue weighted by molar-refractivity contribution is 6.30. The van der Waals surface area contributed by atoms with Gasteiger partial charge in [-0.25, -0.2) is 0 Å². The Hall–Kier alpha value is -3.02. The van der Waals surface area contributed by atoms with Gasteiger partial charge in [0.1, 0.15) is 5.75 Å². The van der Waals surface area contributed by atoms with E-state index < -0.39 is 0 Å². The minimum absolute atomic E-state index is 0.0387. The van der Waals surface area contributed by atoms with Crippen molar-refractivity contribution >= 4 is 23.2 Å². The average Bonchev–Trinajstić information content (AvgIpc) is 2.89. The van der Waals surface area contributed by atoms with Gasteiger partial charge in [-0.3, -0.25) is 9.69 Å². The lowest BCUT2D eigenvalue weighted by atomic mass is 9.83. The molecule has 0 aliphatic carbocycles. The fourth-order valence-electron chi connectivity index (χ4n) is 5.40. The van der Waals surface area contributed by atoms with E-state index in [9.17, 15) is 4.79 Å². The summed E-state index contributed by atoms with van der Waals surface area (Å²) in [5, 5.41) is 4.05. The maximum Gasteiger partial charge on any atom is 0.226 e. The Morgan fingerprint density at radius 1 is 1.09 bits per heavy atom. The highest BCUT2D eigenvalue weighted by Crippen LogP contribution is 2.38. The number of anilines is 1. The quantitative estimate of drug-likeness (QED) is 0.524. The zero-order valence-corrected chi connectivity index (χ0v) is 21.0. The fraction of sp³-hybridized carbons (Fsp3) is 0.345. The summed E-state index contributed by atoms with van der Waals surface area (Å²) in [7, 11) is 1.70. The van der Waals surface area contributed by atoms with Crippen LogP contribution in [0.25, 0.3) is 0 Å². The predicted octanol–water partition coefficient (Wildman–Crippen LogP) is 5.09. The molecule has 1 amide bonds. The molecule has 0 bridgehead atoms. The molecule has 5 rings (SSSR count). The van der Waals surface area contributed by atoms with Crippen LogP contribution < -0.4 is 15.0 Å².